The quantitative estimate of drug-likeness (QED) is 0.472. The molecule has 2 rings (SSSR count). The number of halogens is 1. The number of nitrogens with two attached hydrogens (primary N) is 2. The summed E-state index contributed by atoms with van der Waals surface area (Å²) < 4.78 is 1.05. The third kappa shape index (κ3) is 5.61. The van der Waals surface area contributed by atoms with Crippen molar-refractivity contribution in [1.29, 1.82) is 0 Å². The van der Waals surface area contributed by atoms with Crippen LogP contribution in [0.4, 0.5) is 5.69 Å². The van der Waals surface area contributed by atoms with Crippen molar-refractivity contribution in [2.75, 3.05) is 11.9 Å². The number of nitrogens with one attached hydrogen (secondary N) is 2. The van der Waals surface area contributed by atoms with Crippen LogP contribution in [-0.4, -0.2) is 28.3 Å². The highest BCUT2D eigenvalue weighted by Crippen LogP contribution is 2.48. The van der Waals surface area contributed by atoms with Crippen LogP contribution in [-0.2, 0) is 11.3 Å². The summed E-state index contributed by atoms with van der Waals surface area (Å²) in [5, 5.41) is 10.3. The van der Waals surface area contributed by atoms with Crippen LogP contribution < -0.4 is 27.7 Å². The van der Waals surface area contributed by atoms with Gasteiger partial charge in [0.25, 0.3) is 5.56 Å². The molecular weight excluding hydrogens is 416 g/mol. The van der Waals surface area contributed by atoms with Gasteiger partial charge in [0.15, 0.2) is 0 Å². The predicted molar refractivity (Wildman–Crippen MR) is 125 cm³/mol. The molecule has 1 aliphatic carbocycles. The highest BCUT2D eigenvalue weighted by Gasteiger charge is 2.43. The maximum Gasteiger partial charge on any atom is 0.288 e. The summed E-state index contributed by atoms with van der Waals surface area (Å²) >= 11 is 6.35. The van der Waals surface area contributed by atoms with Gasteiger partial charge in [0.2, 0.25) is 5.91 Å². The lowest BCUT2D eigenvalue weighted by molar-refractivity contribution is -0.121. The third-order valence-electron chi connectivity index (χ3n) is 7.11. The molecule has 1 aromatic heterocycles. The van der Waals surface area contributed by atoms with E-state index in [2.05, 4.69) is 50.4 Å². The minimum absolute atomic E-state index is 0.0359. The first-order chi connectivity index (χ1) is 14.5. The van der Waals surface area contributed by atoms with Gasteiger partial charge in [-0.15, -0.1) is 0 Å². The molecule has 6 N–H and O–H groups in total. The fourth-order valence-electron chi connectivity index (χ4n) is 4.13. The van der Waals surface area contributed by atoms with Crippen molar-refractivity contribution in [1.82, 2.24) is 15.1 Å². The number of carbonyl (C=O) groups is 1. The van der Waals surface area contributed by atoms with Crippen molar-refractivity contribution in [2.24, 2.45) is 34.6 Å². The van der Waals surface area contributed by atoms with Crippen LogP contribution >= 0.6 is 11.6 Å². The summed E-state index contributed by atoms with van der Waals surface area (Å²) in [6.45, 7) is 11.3. The van der Waals surface area contributed by atoms with Gasteiger partial charge < -0.3 is 22.1 Å². The molecule has 0 saturated heterocycles. The summed E-state index contributed by atoms with van der Waals surface area (Å²) in [5.74, 6) is 1.05. The number of hydrogen-bond donors (Lipinski definition) is 4. The lowest BCUT2D eigenvalue weighted by atomic mass is 9.58. The van der Waals surface area contributed by atoms with Crippen LogP contribution in [0.5, 0.6) is 0 Å². The number of rotatable bonds is 7. The van der Waals surface area contributed by atoms with E-state index in [1.54, 1.807) is 6.08 Å². The molecule has 0 unspecified atom stereocenters. The van der Waals surface area contributed by atoms with Gasteiger partial charge in [-0.05, 0) is 53.6 Å². The Labute approximate surface area is 189 Å². The Hall–Kier alpha value is -2.48. The second kappa shape index (κ2) is 10.2. The van der Waals surface area contributed by atoms with Crippen LogP contribution in [0.1, 0.15) is 41.0 Å². The van der Waals surface area contributed by atoms with Crippen LogP contribution in [0, 0.1) is 23.2 Å². The average Bonchev–Trinajstić information content (AvgIpc) is 2.73. The largest absolute Gasteiger partial charge is 0.405 e. The first-order valence-electron chi connectivity index (χ1n) is 10.6. The van der Waals surface area contributed by atoms with E-state index in [1.165, 1.54) is 18.6 Å². The Kier molecular flexibility index (Phi) is 8.17. The number of hydrogen-bond acceptors (Lipinski definition) is 6. The smallest absolute Gasteiger partial charge is 0.288 e. The molecule has 0 aliphatic heterocycles. The van der Waals surface area contributed by atoms with Crippen molar-refractivity contribution >= 4 is 23.2 Å². The molecular formula is C22H35ClN6O2. The van der Waals surface area contributed by atoms with E-state index in [-0.39, 0.29) is 35.5 Å². The summed E-state index contributed by atoms with van der Waals surface area (Å²) in [5.41, 5.74) is 11.7. The topological polar surface area (TPSA) is 128 Å². The van der Waals surface area contributed by atoms with Crippen LogP contribution in [0.25, 0.3) is 0 Å². The molecule has 1 fully saturated rings. The fourth-order valence-corrected chi connectivity index (χ4v) is 4.33. The zero-order valence-electron chi connectivity index (χ0n) is 19.0. The molecule has 0 radical (unpaired) electrons. The lowest BCUT2D eigenvalue weighted by Gasteiger charge is -2.50. The molecule has 0 bridgehead atoms. The first-order valence-corrected chi connectivity index (χ1v) is 11.0. The first kappa shape index (κ1) is 24.8. The van der Waals surface area contributed by atoms with Crippen molar-refractivity contribution < 1.29 is 4.79 Å². The average molecular weight is 451 g/mol. The van der Waals surface area contributed by atoms with Gasteiger partial charge in [-0.2, -0.15) is 5.10 Å². The van der Waals surface area contributed by atoms with Gasteiger partial charge in [-0.3, -0.25) is 9.59 Å². The number of anilines is 1. The Morgan fingerprint density at radius 2 is 2.03 bits per heavy atom. The molecule has 0 spiro atoms. The summed E-state index contributed by atoms with van der Waals surface area (Å²) in [6.07, 6.45) is 6.76. The van der Waals surface area contributed by atoms with Crippen LogP contribution in [0.3, 0.4) is 0 Å². The normalized spacial score (nSPS) is 26.1. The minimum atomic E-state index is -0.511. The van der Waals surface area contributed by atoms with Crippen molar-refractivity contribution in [3.05, 3.63) is 45.6 Å². The zero-order chi connectivity index (χ0) is 23.3. The monoisotopic (exact) mass is 450 g/mol. The van der Waals surface area contributed by atoms with Gasteiger partial charge >= 0.3 is 0 Å². The molecule has 1 saturated carbocycles. The summed E-state index contributed by atoms with van der Waals surface area (Å²) in [4.78, 5) is 24.9. The molecule has 1 aliphatic rings. The van der Waals surface area contributed by atoms with Crippen LogP contribution in [0.15, 0.2) is 35.0 Å². The van der Waals surface area contributed by atoms with E-state index >= 15 is 0 Å². The van der Waals surface area contributed by atoms with E-state index in [4.69, 9.17) is 23.1 Å². The maximum absolute atomic E-state index is 12.7. The summed E-state index contributed by atoms with van der Waals surface area (Å²) in [6, 6.07) is 0.188. The molecule has 1 aromatic rings. The molecule has 0 aromatic carbocycles. The van der Waals surface area contributed by atoms with E-state index in [0.29, 0.717) is 29.0 Å². The highest BCUT2D eigenvalue weighted by atomic mass is 35.5. The molecule has 9 heteroatoms. The highest BCUT2D eigenvalue weighted by molar-refractivity contribution is 6.32. The second-order valence-electron chi connectivity index (χ2n) is 9.07. The number of carbonyl (C=O) groups excluding carboxylic acids is 1. The Morgan fingerprint density at radius 3 is 2.65 bits per heavy atom. The number of amides is 1. The van der Waals surface area contributed by atoms with Crippen molar-refractivity contribution in [3.63, 3.8) is 0 Å². The number of nitrogens with zero attached hydrogens (tertiary/aromatic N) is 2. The predicted octanol–water partition coefficient (Wildman–Crippen LogP) is 2.45. The molecule has 1 heterocycles. The van der Waals surface area contributed by atoms with E-state index < -0.39 is 5.56 Å². The zero-order valence-corrected chi connectivity index (χ0v) is 19.7. The molecule has 8 nitrogen and oxygen atoms in total. The number of aromatic nitrogens is 2. The van der Waals surface area contributed by atoms with Crippen LogP contribution in [0.2, 0.25) is 5.02 Å². The van der Waals surface area contributed by atoms with Crippen molar-refractivity contribution in [2.45, 2.75) is 53.6 Å². The Bertz CT molecular complexity index is 908. The molecule has 1 amide bonds. The fraction of sp³-hybridized carbons (Fsp3) is 0.591. The third-order valence-corrected chi connectivity index (χ3v) is 7.47. The Morgan fingerprint density at radius 1 is 1.35 bits per heavy atom. The van der Waals surface area contributed by atoms with E-state index in [1.807, 2.05) is 0 Å². The van der Waals surface area contributed by atoms with Gasteiger partial charge in [0.05, 0.1) is 11.9 Å². The van der Waals surface area contributed by atoms with Gasteiger partial charge in [0, 0.05) is 12.6 Å². The standard InChI is InChI=1S/C22H35ClN6O2/c1-13-8-17(14(2)15(3)22(13,4)5)28-18-11-27-29(21(31)20(18)23)12-19(30)26-10-16(9-25)6-7-24/h6-7,9,11,13-15,17,28H,8,10,12,24-25H2,1-5H3,(H,26,30)/b7-6-,16-9+/t13-,14+,15+,17+/m0/s1. The van der Waals surface area contributed by atoms with E-state index in [0.717, 1.165) is 11.1 Å². The Balaban J connectivity index is 2.09. The molecule has 31 heavy (non-hydrogen) atoms. The van der Waals surface area contributed by atoms with Gasteiger partial charge in [-0.25, -0.2) is 4.68 Å². The minimum Gasteiger partial charge on any atom is -0.405 e. The van der Waals surface area contributed by atoms with Gasteiger partial charge in [0.1, 0.15) is 11.6 Å². The summed E-state index contributed by atoms with van der Waals surface area (Å²) in [7, 11) is 0. The SMILES string of the molecule is C[C@@H]1[C@@H](C)C(C)(C)[C@@H](C)C[C@H]1Nc1cnn(CC(=O)NCC(/C=C\N)=C/N)c(=O)c1Cl. The second-order valence-corrected chi connectivity index (χ2v) is 9.45. The maximum atomic E-state index is 12.7. The molecule has 4 atom stereocenters. The molecule has 172 valence electrons. The lowest BCUT2D eigenvalue weighted by Crippen LogP contribution is -2.48. The van der Waals surface area contributed by atoms with Gasteiger partial charge in [-0.1, -0.05) is 46.2 Å². The van der Waals surface area contributed by atoms with E-state index in [9.17, 15) is 9.59 Å². The van der Waals surface area contributed by atoms with Crippen molar-refractivity contribution in [3.8, 4) is 0 Å².